The SMILES string of the molecule is COC(=O)C(C)(C)NC(=O)c1ccc2c(c1)C(=O)N(Cc1ccccc1)C2=O. The first kappa shape index (κ1) is 19.3. The van der Waals surface area contributed by atoms with Gasteiger partial charge in [-0.25, -0.2) is 4.79 Å². The highest BCUT2D eigenvalue weighted by Gasteiger charge is 2.37. The number of amides is 3. The van der Waals surface area contributed by atoms with E-state index in [4.69, 9.17) is 0 Å². The van der Waals surface area contributed by atoms with Crippen molar-refractivity contribution in [1.29, 1.82) is 0 Å². The highest BCUT2D eigenvalue weighted by atomic mass is 16.5. The van der Waals surface area contributed by atoms with Gasteiger partial charge in [0.25, 0.3) is 17.7 Å². The van der Waals surface area contributed by atoms with Gasteiger partial charge in [-0.2, -0.15) is 0 Å². The quantitative estimate of drug-likeness (QED) is 0.634. The van der Waals surface area contributed by atoms with Crippen LogP contribution in [0.25, 0.3) is 0 Å². The van der Waals surface area contributed by atoms with Crippen LogP contribution in [0, 0.1) is 0 Å². The Labute approximate surface area is 162 Å². The summed E-state index contributed by atoms with van der Waals surface area (Å²) in [6.07, 6.45) is 0. The minimum atomic E-state index is -1.23. The molecule has 0 saturated carbocycles. The summed E-state index contributed by atoms with van der Waals surface area (Å²) in [4.78, 5) is 50.7. The van der Waals surface area contributed by atoms with Gasteiger partial charge < -0.3 is 10.1 Å². The van der Waals surface area contributed by atoms with Crippen LogP contribution in [0.1, 0.15) is 50.5 Å². The van der Waals surface area contributed by atoms with E-state index < -0.39 is 29.2 Å². The maximum absolute atomic E-state index is 12.7. The van der Waals surface area contributed by atoms with Crippen molar-refractivity contribution >= 4 is 23.7 Å². The van der Waals surface area contributed by atoms with Crippen LogP contribution in [0.3, 0.4) is 0 Å². The summed E-state index contributed by atoms with van der Waals surface area (Å²) in [7, 11) is 1.23. The maximum atomic E-state index is 12.7. The third kappa shape index (κ3) is 3.51. The molecule has 0 spiro atoms. The number of esters is 1. The van der Waals surface area contributed by atoms with Gasteiger partial charge in [-0.15, -0.1) is 0 Å². The molecule has 2 aromatic rings. The summed E-state index contributed by atoms with van der Waals surface area (Å²) in [5.41, 5.74) is 0.201. The lowest BCUT2D eigenvalue weighted by Crippen LogP contribution is -2.50. The van der Waals surface area contributed by atoms with Crippen LogP contribution >= 0.6 is 0 Å². The molecule has 0 fully saturated rings. The molecule has 1 heterocycles. The van der Waals surface area contributed by atoms with E-state index in [1.807, 2.05) is 30.3 Å². The molecule has 2 aromatic carbocycles. The molecule has 0 aromatic heterocycles. The molecule has 0 radical (unpaired) electrons. The Balaban J connectivity index is 1.83. The molecule has 0 atom stereocenters. The fourth-order valence-electron chi connectivity index (χ4n) is 3.00. The number of ether oxygens (including phenoxy) is 1. The molecule has 1 aliphatic heterocycles. The minimum absolute atomic E-state index is 0.157. The summed E-state index contributed by atoms with van der Waals surface area (Å²) >= 11 is 0. The summed E-state index contributed by atoms with van der Waals surface area (Å²) in [6, 6.07) is 13.5. The van der Waals surface area contributed by atoms with E-state index in [-0.39, 0.29) is 23.2 Å². The Morgan fingerprint density at radius 3 is 2.29 bits per heavy atom. The second-order valence-corrected chi connectivity index (χ2v) is 7.01. The third-order valence-electron chi connectivity index (χ3n) is 4.54. The van der Waals surface area contributed by atoms with Crippen molar-refractivity contribution in [2.24, 2.45) is 0 Å². The van der Waals surface area contributed by atoms with Crippen molar-refractivity contribution in [3.63, 3.8) is 0 Å². The average molecular weight is 380 g/mol. The van der Waals surface area contributed by atoms with Crippen molar-refractivity contribution in [3.8, 4) is 0 Å². The van der Waals surface area contributed by atoms with Crippen LogP contribution in [0.2, 0.25) is 0 Å². The zero-order valence-electron chi connectivity index (χ0n) is 15.8. The molecule has 144 valence electrons. The Morgan fingerprint density at radius 1 is 1.00 bits per heavy atom. The first-order valence-electron chi connectivity index (χ1n) is 8.69. The van der Waals surface area contributed by atoms with E-state index in [0.29, 0.717) is 0 Å². The van der Waals surface area contributed by atoms with Gasteiger partial charge in [-0.3, -0.25) is 19.3 Å². The van der Waals surface area contributed by atoms with Crippen molar-refractivity contribution in [2.75, 3.05) is 7.11 Å². The smallest absolute Gasteiger partial charge is 0.330 e. The van der Waals surface area contributed by atoms with Gasteiger partial charge in [0.2, 0.25) is 0 Å². The van der Waals surface area contributed by atoms with Crippen molar-refractivity contribution in [3.05, 3.63) is 70.8 Å². The van der Waals surface area contributed by atoms with Gasteiger partial charge >= 0.3 is 5.97 Å². The first-order valence-corrected chi connectivity index (χ1v) is 8.69. The average Bonchev–Trinajstić information content (AvgIpc) is 2.92. The van der Waals surface area contributed by atoms with Crippen molar-refractivity contribution in [2.45, 2.75) is 25.9 Å². The Morgan fingerprint density at radius 2 is 1.64 bits per heavy atom. The molecular formula is C21H20N2O5. The lowest BCUT2D eigenvalue weighted by Gasteiger charge is -2.23. The van der Waals surface area contributed by atoms with Gasteiger partial charge in [0.15, 0.2) is 0 Å². The summed E-state index contributed by atoms with van der Waals surface area (Å²) in [5.74, 6) is -1.99. The summed E-state index contributed by atoms with van der Waals surface area (Å²) in [6.45, 7) is 3.19. The van der Waals surface area contributed by atoms with Crippen LogP contribution in [-0.4, -0.2) is 41.2 Å². The summed E-state index contributed by atoms with van der Waals surface area (Å²) in [5, 5.41) is 2.57. The minimum Gasteiger partial charge on any atom is -0.467 e. The van der Waals surface area contributed by atoms with E-state index in [1.165, 1.54) is 39.2 Å². The number of hydrogen-bond donors (Lipinski definition) is 1. The Hall–Kier alpha value is -3.48. The number of methoxy groups -OCH3 is 1. The van der Waals surface area contributed by atoms with E-state index in [1.54, 1.807) is 0 Å². The normalized spacial score (nSPS) is 13.3. The van der Waals surface area contributed by atoms with E-state index in [9.17, 15) is 19.2 Å². The first-order chi connectivity index (χ1) is 13.2. The fraction of sp³-hybridized carbons (Fsp3) is 0.238. The van der Waals surface area contributed by atoms with Gasteiger partial charge in [-0.1, -0.05) is 30.3 Å². The molecule has 1 N–H and O–H groups in total. The zero-order valence-corrected chi connectivity index (χ0v) is 15.8. The summed E-state index contributed by atoms with van der Waals surface area (Å²) < 4.78 is 4.67. The van der Waals surface area contributed by atoms with Gasteiger partial charge in [0.05, 0.1) is 24.8 Å². The van der Waals surface area contributed by atoms with Gasteiger partial charge in [-0.05, 0) is 37.6 Å². The lowest BCUT2D eigenvalue weighted by molar-refractivity contribution is -0.146. The van der Waals surface area contributed by atoms with E-state index in [0.717, 1.165) is 10.5 Å². The van der Waals surface area contributed by atoms with Crippen LogP contribution in [0.15, 0.2) is 48.5 Å². The second-order valence-electron chi connectivity index (χ2n) is 7.01. The molecule has 28 heavy (non-hydrogen) atoms. The Kier molecular flexibility index (Phi) is 5.00. The van der Waals surface area contributed by atoms with Crippen molar-refractivity contribution < 1.29 is 23.9 Å². The number of nitrogens with zero attached hydrogens (tertiary/aromatic N) is 1. The number of fused-ring (bicyclic) bond motifs is 1. The highest BCUT2D eigenvalue weighted by molar-refractivity contribution is 6.22. The third-order valence-corrected chi connectivity index (χ3v) is 4.54. The number of carbonyl (C=O) groups excluding carboxylic acids is 4. The number of carbonyl (C=O) groups is 4. The highest BCUT2D eigenvalue weighted by Crippen LogP contribution is 2.26. The predicted octanol–water partition coefficient (Wildman–Crippen LogP) is 2.16. The predicted molar refractivity (Wildman–Crippen MR) is 101 cm³/mol. The van der Waals surface area contributed by atoms with Gasteiger partial charge in [0, 0.05) is 5.56 Å². The van der Waals surface area contributed by atoms with E-state index >= 15 is 0 Å². The molecule has 7 heteroatoms. The molecule has 0 saturated heterocycles. The second kappa shape index (κ2) is 7.26. The standard InChI is InChI=1S/C21H20N2O5/c1-21(2,20(27)28-3)22-17(24)14-9-10-15-16(11-14)19(26)23(18(15)25)12-13-7-5-4-6-8-13/h4-11H,12H2,1-3H3,(H,22,24). The van der Waals surface area contributed by atoms with Crippen LogP contribution in [0.5, 0.6) is 0 Å². The van der Waals surface area contributed by atoms with Crippen molar-refractivity contribution in [1.82, 2.24) is 10.2 Å². The molecule has 0 aliphatic carbocycles. The molecule has 7 nitrogen and oxygen atoms in total. The van der Waals surface area contributed by atoms with Gasteiger partial charge in [0.1, 0.15) is 5.54 Å². The van der Waals surface area contributed by atoms with Crippen LogP contribution in [-0.2, 0) is 16.1 Å². The monoisotopic (exact) mass is 380 g/mol. The maximum Gasteiger partial charge on any atom is 0.330 e. The molecule has 3 rings (SSSR count). The van der Waals surface area contributed by atoms with Crippen LogP contribution in [0.4, 0.5) is 0 Å². The Bertz CT molecular complexity index is 966. The molecule has 0 bridgehead atoms. The number of nitrogens with one attached hydrogen (secondary N) is 1. The van der Waals surface area contributed by atoms with E-state index in [2.05, 4.69) is 10.1 Å². The topological polar surface area (TPSA) is 92.8 Å². The zero-order chi connectivity index (χ0) is 20.5. The number of hydrogen-bond acceptors (Lipinski definition) is 5. The molecular weight excluding hydrogens is 360 g/mol. The van der Waals surface area contributed by atoms with Crippen LogP contribution < -0.4 is 5.32 Å². The molecule has 0 unspecified atom stereocenters. The number of rotatable bonds is 5. The fourth-order valence-corrected chi connectivity index (χ4v) is 3.00. The largest absolute Gasteiger partial charge is 0.467 e. The molecule has 1 aliphatic rings. The molecule has 3 amide bonds. The number of benzene rings is 2. The number of imide groups is 1. The lowest BCUT2D eigenvalue weighted by atomic mass is 10.0.